The Morgan fingerprint density at radius 3 is 2.54 bits per heavy atom. The summed E-state index contributed by atoms with van der Waals surface area (Å²) in [7, 11) is 3.10. The van der Waals surface area contributed by atoms with E-state index >= 15 is 0 Å². The maximum atomic E-state index is 12.2. The van der Waals surface area contributed by atoms with Crippen LogP contribution >= 0.6 is 0 Å². The van der Waals surface area contributed by atoms with Gasteiger partial charge < -0.3 is 20.1 Å². The molecule has 1 aromatic heterocycles. The van der Waals surface area contributed by atoms with Crippen molar-refractivity contribution >= 4 is 17.4 Å². The number of rotatable bonds is 6. The summed E-state index contributed by atoms with van der Waals surface area (Å²) in [6.07, 6.45) is 3.15. The van der Waals surface area contributed by atoms with Crippen LogP contribution in [0, 0.1) is 0 Å². The number of hydrogen-bond acceptors (Lipinski definition) is 5. The molecule has 26 heavy (non-hydrogen) atoms. The average Bonchev–Trinajstić information content (AvgIpc) is 3.16. The fraction of sp³-hybridized carbons (Fsp3) is 0.167. The normalized spacial score (nSPS) is 10.2. The van der Waals surface area contributed by atoms with Gasteiger partial charge in [-0.3, -0.25) is 0 Å². The zero-order valence-electron chi connectivity index (χ0n) is 14.5. The van der Waals surface area contributed by atoms with Gasteiger partial charge in [-0.15, -0.1) is 0 Å². The molecule has 0 bridgehead atoms. The first-order chi connectivity index (χ1) is 12.7. The van der Waals surface area contributed by atoms with E-state index in [1.54, 1.807) is 43.4 Å². The Hall–Kier alpha value is -3.55. The van der Waals surface area contributed by atoms with Crippen LogP contribution in [0.5, 0.6) is 11.5 Å². The number of amides is 2. The Bertz CT molecular complexity index is 863. The molecule has 0 unspecified atom stereocenters. The van der Waals surface area contributed by atoms with Gasteiger partial charge >= 0.3 is 6.03 Å². The zero-order chi connectivity index (χ0) is 18.4. The van der Waals surface area contributed by atoms with E-state index in [0.717, 1.165) is 5.56 Å². The van der Waals surface area contributed by atoms with Crippen LogP contribution in [0.15, 0.2) is 55.1 Å². The first-order valence-electron chi connectivity index (χ1n) is 7.89. The number of urea groups is 1. The van der Waals surface area contributed by atoms with Crippen LogP contribution in [0.4, 0.5) is 16.2 Å². The second-order valence-electron chi connectivity index (χ2n) is 5.44. The number of anilines is 2. The quantitative estimate of drug-likeness (QED) is 0.711. The molecule has 0 aliphatic carbocycles. The van der Waals surface area contributed by atoms with Crippen LogP contribution < -0.4 is 20.1 Å². The minimum atomic E-state index is -0.374. The van der Waals surface area contributed by atoms with Gasteiger partial charge in [0.25, 0.3) is 0 Å². The molecule has 0 atom stereocenters. The van der Waals surface area contributed by atoms with Gasteiger partial charge in [0.1, 0.15) is 24.2 Å². The second-order valence-corrected chi connectivity index (χ2v) is 5.44. The summed E-state index contributed by atoms with van der Waals surface area (Å²) < 4.78 is 12.1. The third-order valence-electron chi connectivity index (χ3n) is 3.68. The number of carbonyl (C=O) groups excluding carboxylic acids is 1. The summed E-state index contributed by atoms with van der Waals surface area (Å²) in [6.45, 7) is 0.619. The number of ether oxygens (including phenoxy) is 2. The van der Waals surface area contributed by atoms with Crippen molar-refractivity contribution in [3.63, 3.8) is 0 Å². The lowest BCUT2D eigenvalue weighted by Gasteiger charge is -2.12. The van der Waals surface area contributed by atoms with Gasteiger partial charge in [0.05, 0.1) is 26.5 Å². The molecule has 2 amide bonds. The fourth-order valence-corrected chi connectivity index (χ4v) is 2.39. The highest BCUT2D eigenvalue weighted by atomic mass is 16.5. The lowest BCUT2D eigenvalue weighted by atomic mass is 10.2. The van der Waals surface area contributed by atoms with Gasteiger partial charge in [0.2, 0.25) is 0 Å². The first-order valence-corrected chi connectivity index (χ1v) is 7.89. The topological polar surface area (TPSA) is 90.3 Å². The van der Waals surface area contributed by atoms with E-state index < -0.39 is 0 Å². The molecule has 0 fully saturated rings. The third kappa shape index (κ3) is 4.29. The highest BCUT2D eigenvalue weighted by Crippen LogP contribution is 2.29. The summed E-state index contributed by atoms with van der Waals surface area (Å²) in [5.41, 5.74) is 2.25. The molecule has 0 saturated carbocycles. The molecule has 2 aromatic carbocycles. The minimum absolute atomic E-state index is 0.374. The summed E-state index contributed by atoms with van der Waals surface area (Å²) in [6, 6.07) is 12.3. The van der Waals surface area contributed by atoms with Crippen LogP contribution in [0.2, 0.25) is 0 Å². The average molecular weight is 353 g/mol. The fourth-order valence-electron chi connectivity index (χ4n) is 2.39. The van der Waals surface area contributed by atoms with Gasteiger partial charge in [0.15, 0.2) is 0 Å². The van der Waals surface area contributed by atoms with E-state index in [1.807, 2.05) is 24.3 Å². The van der Waals surface area contributed by atoms with Crippen LogP contribution in [-0.2, 0) is 6.54 Å². The largest absolute Gasteiger partial charge is 0.497 e. The van der Waals surface area contributed by atoms with E-state index in [-0.39, 0.29) is 6.03 Å². The Morgan fingerprint density at radius 1 is 1.08 bits per heavy atom. The summed E-state index contributed by atoms with van der Waals surface area (Å²) in [5.74, 6) is 1.17. The van der Waals surface area contributed by atoms with Crippen LogP contribution in [0.1, 0.15) is 5.56 Å². The predicted octanol–water partition coefficient (Wildman–Crippen LogP) is 2.99. The van der Waals surface area contributed by atoms with Gasteiger partial charge in [-0.05, 0) is 29.8 Å². The number of hydrogen-bond donors (Lipinski definition) is 2. The van der Waals surface area contributed by atoms with Crippen LogP contribution in [0.25, 0.3) is 0 Å². The van der Waals surface area contributed by atoms with Crippen molar-refractivity contribution < 1.29 is 14.3 Å². The third-order valence-corrected chi connectivity index (χ3v) is 3.68. The van der Waals surface area contributed by atoms with Crippen LogP contribution in [-0.4, -0.2) is 35.0 Å². The Labute approximate surface area is 150 Å². The lowest BCUT2D eigenvalue weighted by Crippen LogP contribution is -2.19. The Balaban J connectivity index is 1.63. The minimum Gasteiger partial charge on any atom is -0.497 e. The zero-order valence-corrected chi connectivity index (χ0v) is 14.5. The van der Waals surface area contributed by atoms with Crippen molar-refractivity contribution in [3.8, 4) is 11.5 Å². The molecule has 3 rings (SSSR count). The highest BCUT2D eigenvalue weighted by Gasteiger charge is 2.09. The maximum Gasteiger partial charge on any atom is 0.323 e. The molecule has 0 saturated heterocycles. The molecule has 0 aliphatic heterocycles. The van der Waals surface area contributed by atoms with Crippen molar-refractivity contribution in [2.75, 3.05) is 24.9 Å². The SMILES string of the molecule is COc1ccc(OC)c(NC(=O)Nc2ccc(Cn3cncn3)cc2)c1. The van der Waals surface area contributed by atoms with E-state index in [1.165, 1.54) is 6.33 Å². The van der Waals surface area contributed by atoms with Gasteiger partial charge in [-0.2, -0.15) is 5.10 Å². The number of aromatic nitrogens is 3. The Morgan fingerprint density at radius 2 is 1.88 bits per heavy atom. The molecule has 2 N–H and O–H groups in total. The standard InChI is InChI=1S/C18H19N5O3/c1-25-15-7-8-17(26-2)16(9-15)22-18(24)21-14-5-3-13(4-6-14)10-23-12-19-11-20-23/h3-9,11-12H,10H2,1-2H3,(H2,21,22,24). The molecule has 8 heteroatoms. The van der Waals surface area contributed by atoms with E-state index in [0.29, 0.717) is 29.4 Å². The molecule has 3 aromatic rings. The van der Waals surface area contributed by atoms with Crippen molar-refractivity contribution in [1.29, 1.82) is 0 Å². The molecule has 0 spiro atoms. The van der Waals surface area contributed by atoms with Crippen molar-refractivity contribution in [3.05, 3.63) is 60.7 Å². The summed E-state index contributed by atoms with van der Waals surface area (Å²) >= 11 is 0. The predicted molar refractivity (Wildman–Crippen MR) is 97.8 cm³/mol. The number of methoxy groups -OCH3 is 2. The van der Waals surface area contributed by atoms with E-state index in [2.05, 4.69) is 20.7 Å². The number of nitrogens with one attached hydrogen (secondary N) is 2. The van der Waals surface area contributed by atoms with Crippen molar-refractivity contribution in [1.82, 2.24) is 14.8 Å². The summed E-state index contributed by atoms with van der Waals surface area (Å²) in [5, 5.41) is 9.61. The molecule has 1 heterocycles. The monoisotopic (exact) mass is 353 g/mol. The molecule has 0 radical (unpaired) electrons. The van der Waals surface area contributed by atoms with Crippen molar-refractivity contribution in [2.24, 2.45) is 0 Å². The van der Waals surface area contributed by atoms with Gasteiger partial charge in [-0.1, -0.05) is 12.1 Å². The molecule has 134 valence electrons. The second kappa shape index (κ2) is 8.02. The lowest BCUT2D eigenvalue weighted by molar-refractivity contribution is 0.262. The highest BCUT2D eigenvalue weighted by molar-refractivity contribution is 6.00. The van der Waals surface area contributed by atoms with E-state index in [4.69, 9.17) is 9.47 Å². The number of benzene rings is 2. The first kappa shape index (κ1) is 17.3. The molecular weight excluding hydrogens is 334 g/mol. The molecular formula is C18H19N5O3. The number of carbonyl (C=O) groups is 1. The Kier molecular flexibility index (Phi) is 5.33. The smallest absolute Gasteiger partial charge is 0.323 e. The van der Waals surface area contributed by atoms with E-state index in [9.17, 15) is 4.79 Å². The molecule has 8 nitrogen and oxygen atoms in total. The van der Waals surface area contributed by atoms with Gasteiger partial charge in [-0.25, -0.2) is 14.5 Å². The maximum absolute atomic E-state index is 12.2. The number of nitrogens with zero attached hydrogens (tertiary/aromatic N) is 3. The molecule has 0 aliphatic rings. The summed E-state index contributed by atoms with van der Waals surface area (Å²) in [4.78, 5) is 16.2. The van der Waals surface area contributed by atoms with Crippen LogP contribution in [0.3, 0.4) is 0 Å². The van der Waals surface area contributed by atoms with Gasteiger partial charge in [0, 0.05) is 11.8 Å². The van der Waals surface area contributed by atoms with Crippen molar-refractivity contribution in [2.45, 2.75) is 6.54 Å².